The first-order valence-electron chi connectivity index (χ1n) is 5.92. The van der Waals surface area contributed by atoms with Gasteiger partial charge in [0.15, 0.2) is 0 Å². The number of nitrogens with one attached hydrogen (secondary N) is 1. The molecule has 0 aliphatic heterocycles. The largest absolute Gasteiger partial charge is 0.309 e. The molecule has 2 heterocycles. The lowest BCUT2D eigenvalue weighted by molar-refractivity contribution is 0.584. The Morgan fingerprint density at radius 1 is 1.47 bits per heavy atom. The lowest BCUT2D eigenvalue weighted by Gasteiger charge is -2.11. The summed E-state index contributed by atoms with van der Waals surface area (Å²) >= 11 is 1.87. The summed E-state index contributed by atoms with van der Waals surface area (Å²) < 4.78 is 1.85. The molecule has 3 nitrogen and oxygen atoms in total. The van der Waals surface area contributed by atoms with Gasteiger partial charge in [0.2, 0.25) is 0 Å². The lowest BCUT2D eigenvalue weighted by Crippen LogP contribution is -2.20. The van der Waals surface area contributed by atoms with E-state index in [1.165, 1.54) is 15.3 Å². The van der Waals surface area contributed by atoms with Crippen LogP contribution in [0.25, 0.3) is 0 Å². The molecule has 2 aromatic heterocycles. The van der Waals surface area contributed by atoms with Gasteiger partial charge in [0.05, 0.1) is 6.20 Å². The maximum Gasteiger partial charge on any atom is 0.0522 e. The highest BCUT2D eigenvalue weighted by molar-refractivity contribution is 7.12. The van der Waals surface area contributed by atoms with Crippen LogP contribution in [-0.4, -0.2) is 16.3 Å². The zero-order valence-electron chi connectivity index (χ0n) is 10.6. The topological polar surface area (TPSA) is 29.9 Å². The van der Waals surface area contributed by atoms with Crippen LogP contribution in [0.15, 0.2) is 24.5 Å². The van der Waals surface area contributed by atoms with Crippen molar-refractivity contribution in [1.29, 1.82) is 0 Å². The summed E-state index contributed by atoms with van der Waals surface area (Å²) in [6.07, 6.45) is 5.03. The molecular formula is C13H19N3S. The summed E-state index contributed by atoms with van der Waals surface area (Å²) in [6, 6.07) is 4.83. The van der Waals surface area contributed by atoms with E-state index in [0.29, 0.717) is 6.04 Å². The van der Waals surface area contributed by atoms with Gasteiger partial charge in [-0.3, -0.25) is 4.68 Å². The number of hydrogen-bond acceptors (Lipinski definition) is 3. The highest BCUT2D eigenvalue weighted by Crippen LogP contribution is 2.22. The molecule has 2 aromatic rings. The highest BCUT2D eigenvalue weighted by atomic mass is 32.1. The zero-order valence-corrected chi connectivity index (χ0v) is 11.4. The van der Waals surface area contributed by atoms with Gasteiger partial charge in [0, 0.05) is 29.0 Å². The number of thiophene rings is 1. The molecule has 0 bridgehead atoms. The Morgan fingerprint density at radius 2 is 2.29 bits per heavy atom. The molecule has 0 radical (unpaired) electrons. The van der Waals surface area contributed by atoms with Crippen molar-refractivity contribution in [3.63, 3.8) is 0 Å². The summed E-state index contributed by atoms with van der Waals surface area (Å²) in [4.78, 5) is 2.79. The van der Waals surface area contributed by atoms with Crippen LogP contribution in [-0.2, 0) is 13.5 Å². The third kappa shape index (κ3) is 3.41. The summed E-state index contributed by atoms with van der Waals surface area (Å²) in [5, 5.41) is 7.71. The summed E-state index contributed by atoms with van der Waals surface area (Å²) in [5.74, 6) is 0. The van der Waals surface area contributed by atoms with Crippen molar-refractivity contribution >= 4 is 11.3 Å². The molecule has 0 fully saturated rings. The maximum atomic E-state index is 4.17. The molecule has 1 N–H and O–H groups in total. The van der Waals surface area contributed by atoms with Crippen molar-refractivity contribution in [3.05, 3.63) is 39.8 Å². The third-order valence-electron chi connectivity index (χ3n) is 2.81. The average molecular weight is 249 g/mol. The van der Waals surface area contributed by atoms with Gasteiger partial charge in [-0.15, -0.1) is 11.3 Å². The minimum Gasteiger partial charge on any atom is -0.309 e. The van der Waals surface area contributed by atoms with Crippen LogP contribution in [0.5, 0.6) is 0 Å². The Kier molecular flexibility index (Phi) is 3.97. The summed E-state index contributed by atoms with van der Waals surface area (Å²) in [7, 11) is 1.95. The quantitative estimate of drug-likeness (QED) is 0.883. The fourth-order valence-electron chi connectivity index (χ4n) is 1.82. The minimum absolute atomic E-state index is 0.436. The fourth-order valence-corrected chi connectivity index (χ4v) is 2.72. The van der Waals surface area contributed by atoms with Crippen molar-refractivity contribution < 1.29 is 0 Å². The SMILES string of the molecule is Cc1ccc(C(C)NCCc2cnn(C)c2)s1. The van der Waals surface area contributed by atoms with E-state index in [4.69, 9.17) is 0 Å². The van der Waals surface area contributed by atoms with Crippen LogP contribution >= 0.6 is 11.3 Å². The maximum absolute atomic E-state index is 4.17. The molecule has 0 saturated carbocycles. The Morgan fingerprint density at radius 3 is 2.88 bits per heavy atom. The normalized spacial score (nSPS) is 12.9. The predicted octanol–water partition coefficient (Wildman–Crippen LogP) is 2.68. The number of rotatable bonds is 5. The van der Waals surface area contributed by atoms with E-state index in [2.05, 4.69) is 42.6 Å². The summed E-state index contributed by atoms with van der Waals surface area (Å²) in [5.41, 5.74) is 1.29. The molecule has 1 atom stereocenters. The number of nitrogens with zero attached hydrogens (tertiary/aromatic N) is 2. The average Bonchev–Trinajstić information content (AvgIpc) is 2.88. The Bertz CT molecular complexity index is 472. The number of hydrogen-bond donors (Lipinski definition) is 1. The van der Waals surface area contributed by atoms with Crippen LogP contribution in [0, 0.1) is 6.92 Å². The van der Waals surface area contributed by atoms with Crippen molar-refractivity contribution in [1.82, 2.24) is 15.1 Å². The van der Waals surface area contributed by atoms with Gasteiger partial charge in [-0.25, -0.2) is 0 Å². The van der Waals surface area contributed by atoms with E-state index in [1.807, 2.05) is 29.3 Å². The second-order valence-corrected chi connectivity index (χ2v) is 5.72. The molecule has 0 spiro atoms. The Labute approximate surface area is 106 Å². The van der Waals surface area contributed by atoms with Crippen molar-refractivity contribution in [2.75, 3.05) is 6.54 Å². The first-order valence-corrected chi connectivity index (χ1v) is 6.74. The number of aromatic nitrogens is 2. The van der Waals surface area contributed by atoms with Gasteiger partial charge in [0.1, 0.15) is 0 Å². The van der Waals surface area contributed by atoms with Gasteiger partial charge >= 0.3 is 0 Å². The third-order valence-corrected chi connectivity index (χ3v) is 3.99. The van der Waals surface area contributed by atoms with E-state index in [-0.39, 0.29) is 0 Å². The molecule has 92 valence electrons. The second kappa shape index (κ2) is 5.47. The Hall–Kier alpha value is -1.13. The molecule has 17 heavy (non-hydrogen) atoms. The molecule has 0 amide bonds. The van der Waals surface area contributed by atoms with Gasteiger partial charge in [-0.1, -0.05) is 0 Å². The van der Waals surface area contributed by atoms with E-state index in [1.54, 1.807) is 0 Å². The molecule has 0 aromatic carbocycles. The summed E-state index contributed by atoms with van der Waals surface area (Å²) in [6.45, 7) is 5.36. The van der Waals surface area contributed by atoms with Crippen LogP contribution in [0.3, 0.4) is 0 Å². The fraction of sp³-hybridized carbons (Fsp3) is 0.462. The molecule has 2 rings (SSSR count). The van der Waals surface area contributed by atoms with E-state index < -0.39 is 0 Å². The van der Waals surface area contributed by atoms with Crippen molar-refractivity contribution in [2.24, 2.45) is 7.05 Å². The van der Waals surface area contributed by atoms with Gasteiger partial charge < -0.3 is 5.32 Å². The predicted molar refractivity (Wildman–Crippen MR) is 72.4 cm³/mol. The zero-order chi connectivity index (χ0) is 12.3. The monoisotopic (exact) mass is 249 g/mol. The molecule has 4 heteroatoms. The molecular weight excluding hydrogens is 230 g/mol. The van der Waals surface area contributed by atoms with E-state index >= 15 is 0 Å². The van der Waals surface area contributed by atoms with Crippen molar-refractivity contribution in [2.45, 2.75) is 26.3 Å². The smallest absolute Gasteiger partial charge is 0.0522 e. The standard InChI is InChI=1S/C13H19N3S/c1-10-4-5-13(17-10)11(2)14-7-6-12-8-15-16(3)9-12/h4-5,8-9,11,14H,6-7H2,1-3H3. The van der Waals surface area contributed by atoms with Crippen LogP contribution < -0.4 is 5.32 Å². The minimum atomic E-state index is 0.436. The second-order valence-electron chi connectivity index (χ2n) is 4.40. The lowest BCUT2D eigenvalue weighted by atomic mass is 10.2. The highest BCUT2D eigenvalue weighted by Gasteiger charge is 2.06. The van der Waals surface area contributed by atoms with E-state index in [0.717, 1.165) is 13.0 Å². The molecule has 0 aliphatic carbocycles. The molecule has 0 saturated heterocycles. The molecule has 1 unspecified atom stereocenters. The van der Waals surface area contributed by atoms with Gasteiger partial charge in [0.25, 0.3) is 0 Å². The Balaban J connectivity index is 1.78. The number of aryl methyl sites for hydroxylation is 2. The first-order chi connectivity index (χ1) is 8.15. The van der Waals surface area contributed by atoms with Crippen LogP contribution in [0.2, 0.25) is 0 Å². The first kappa shape index (κ1) is 12.3. The van der Waals surface area contributed by atoms with Gasteiger partial charge in [-0.2, -0.15) is 5.10 Å². The van der Waals surface area contributed by atoms with Gasteiger partial charge in [-0.05, 0) is 44.5 Å². The van der Waals surface area contributed by atoms with Crippen molar-refractivity contribution in [3.8, 4) is 0 Å². The van der Waals surface area contributed by atoms with E-state index in [9.17, 15) is 0 Å². The van der Waals surface area contributed by atoms with Crippen LogP contribution in [0.1, 0.15) is 28.3 Å². The van der Waals surface area contributed by atoms with Crippen LogP contribution in [0.4, 0.5) is 0 Å². The molecule has 0 aliphatic rings.